The van der Waals surface area contributed by atoms with Gasteiger partial charge in [0.1, 0.15) is 17.3 Å². The fourth-order valence-corrected chi connectivity index (χ4v) is 1.32. The number of nitrogens with two attached hydrogens (primary N) is 1. The van der Waals surface area contributed by atoms with E-state index in [9.17, 15) is 4.79 Å². The van der Waals surface area contributed by atoms with Gasteiger partial charge in [0.15, 0.2) is 0 Å². The third-order valence-corrected chi connectivity index (χ3v) is 2.28. The standard InChI is InChI=1S/C9H8BrN5O/c10-5-1-2-8(12-4-5)13-9(16)6-3-7(11)15-14-6/h1-4H,(H3,11,14,15)(H,12,13,16). The van der Waals surface area contributed by atoms with Gasteiger partial charge in [0, 0.05) is 16.7 Å². The fourth-order valence-electron chi connectivity index (χ4n) is 1.09. The number of pyridine rings is 1. The molecule has 0 saturated carbocycles. The van der Waals surface area contributed by atoms with Crippen LogP contribution < -0.4 is 11.1 Å². The number of carbonyl (C=O) groups is 1. The first-order valence-electron chi connectivity index (χ1n) is 4.39. The molecule has 0 aromatic carbocycles. The van der Waals surface area contributed by atoms with Crippen LogP contribution in [0.3, 0.4) is 0 Å². The Labute approximate surface area is 99.4 Å². The maximum absolute atomic E-state index is 11.6. The molecule has 7 heteroatoms. The van der Waals surface area contributed by atoms with Gasteiger partial charge in [0.25, 0.3) is 5.91 Å². The molecule has 0 atom stereocenters. The van der Waals surface area contributed by atoms with Gasteiger partial charge >= 0.3 is 0 Å². The van der Waals surface area contributed by atoms with Crippen molar-refractivity contribution in [2.24, 2.45) is 0 Å². The highest BCUT2D eigenvalue weighted by atomic mass is 79.9. The summed E-state index contributed by atoms with van der Waals surface area (Å²) in [5.74, 6) is 0.398. The SMILES string of the molecule is Nc1cc(C(=O)Nc2ccc(Br)cn2)[nH]n1. The Morgan fingerprint density at radius 2 is 2.31 bits per heavy atom. The second-order valence-electron chi connectivity index (χ2n) is 3.02. The predicted octanol–water partition coefficient (Wildman–Crippen LogP) is 1.40. The zero-order valence-corrected chi connectivity index (χ0v) is 9.65. The van der Waals surface area contributed by atoms with Crippen molar-refractivity contribution in [2.75, 3.05) is 11.1 Å². The van der Waals surface area contributed by atoms with E-state index in [1.165, 1.54) is 6.07 Å². The van der Waals surface area contributed by atoms with Gasteiger partial charge in [-0.3, -0.25) is 9.89 Å². The van der Waals surface area contributed by atoms with Crippen LogP contribution in [0.2, 0.25) is 0 Å². The Kier molecular flexibility index (Phi) is 2.86. The van der Waals surface area contributed by atoms with Crippen LogP contribution in [0.5, 0.6) is 0 Å². The van der Waals surface area contributed by atoms with Crippen molar-refractivity contribution in [2.45, 2.75) is 0 Å². The molecule has 0 fully saturated rings. The highest BCUT2D eigenvalue weighted by Gasteiger charge is 2.09. The van der Waals surface area contributed by atoms with E-state index < -0.39 is 0 Å². The first-order valence-corrected chi connectivity index (χ1v) is 5.18. The van der Waals surface area contributed by atoms with Gasteiger partial charge < -0.3 is 11.1 Å². The van der Waals surface area contributed by atoms with E-state index in [4.69, 9.17) is 5.73 Å². The van der Waals surface area contributed by atoms with Gasteiger partial charge in [-0.2, -0.15) is 5.10 Å². The minimum Gasteiger partial charge on any atom is -0.382 e. The molecule has 2 rings (SSSR count). The van der Waals surface area contributed by atoms with Gasteiger partial charge in [0.05, 0.1) is 0 Å². The number of hydrogen-bond donors (Lipinski definition) is 3. The lowest BCUT2D eigenvalue weighted by Gasteiger charge is -2.01. The Morgan fingerprint density at radius 3 is 2.88 bits per heavy atom. The molecular weight excluding hydrogens is 274 g/mol. The van der Waals surface area contributed by atoms with Crippen molar-refractivity contribution in [1.82, 2.24) is 15.2 Å². The summed E-state index contributed by atoms with van der Waals surface area (Å²) in [6.45, 7) is 0. The average molecular weight is 282 g/mol. The van der Waals surface area contributed by atoms with Crippen molar-refractivity contribution >= 4 is 33.5 Å². The van der Waals surface area contributed by atoms with Crippen molar-refractivity contribution < 1.29 is 4.79 Å². The molecule has 6 nitrogen and oxygen atoms in total. The number of nitrogens with zero attached hydrogens (tertiary/aromatic N) is 2. The summed E-state index contributed by atoms with van der Waals surface area (Å²) in [6.07, 6.45) is 1.59. The van der Waals surface area contributed by atoms with Crippen LogP contribution in [-0.2, 0) is 0 Å². The maximum atomic E-state index is 11.6. The molecule has 82 valence electrons. The molecule has 0 aliphatic heterocycles. The van der Waals surface area contributed by atoms with Crippen LogP contribution in [0.1, 0.15) is 10.5 Å². The quantitative estimate of drug-likeness (QED) is 0.775. The van der Waals surface area contributed by atoms with E-state index in [1.54, 1.807) is 18.3 Å². The van der Waals surface area contributed by atoms with E-state index in [-0.39, 0.29) is 11.7 Å². The van der Waals surface area contributed by atoms with E-state index in [0.29, 0.717) is 11.5 Å². The smallest absolute Gasteiger partial charge is 0.274 e. The monoisotopic (exact) mass is 281 g/mol. The molecular formula is C9H8BrN5O. The minimum atomic E-state index is -0.334. The Hall–Kier alpha value is -1.89. The molecule has 0 saturated heterocycles. The van der Waals surface area contributed by atoms with Gasteiger partial charge in [0.2, 0.25) is 0 Å². The number of nitrogens with one attached hydrogen (secondary N) is 2. The van der Waals surface area contributed by atoms with Crippen molar-refractivity contribution in [3.63, 3.8) is 0 Å². The minimum absolute atomic E-state index is 0.272. The second-order valence-corrected chi connectivity index (χ2v) is 3.94. The topological polar surface area (TPSA) is 96.7 Å². The van der Waals surface area contributed by atoms with Crippen LogP contribution >= 0.6 is 15.9 Å². The highest BCUT2D eigenvalue weighted by molar-refractivity contribution is 9.10. The van der Waals surface area contributed by atoms with Gasteiger partial charge in [-0.15, -0.1) is 0 Å². The second kappa shape index (κ2) is 4.31. The number of rotatable bonds is 2. The highest BCUT2D eigenvalue weighted by Crippen LogP contribution is 2.11. The summed E-state index contributed by atoms with van der Waals surface area (Å²) >= 11 is 3.25. The van der Waals surface area contributed by atoms with Crippen molar-refractivity contribution in [3.8, 4) is 0 Å². The normalized spacial score (nSPS) is 10.1. The molecule has 2 aromatic heterocycles. The number of anilines is 2. The van der Waals surface area contributed by atoms with E-state index >= 15 is 0 Å². The zero-order chi connectivity index (χ0) is 11.5. The first-order chi connectivity index (χ1) is 7.65. The Balaban J connectivity index is 2.10. The van der Waals surface area contributed by atoms with Gasteiger partial charge in [-0.1, -0.05) is 0 Å². The lowest BCUT2D eigenvalue weighted by atomic mass is 10.4. The van der Waals surface area contributed by atoms with E-state index in [1.807, 2.05) is 0 Å². The first kappa shape index (κ1) is 10.6. The summed E-state index contributed by atoms with van der Waals surface area (Å²) in [5, 5.41) is 8.77. The van der Waals surface area contributed by atoms with Gasteiger partial charge in [-0.25, -0.2) is 4.98 Å². The molecule has 0 radical (unpaired) electrons. The summed E-state index contributed by atoms with van der Waals surface area (Å²) < 4.78 is 0.844. The lowest BCUT2D eigenvalue weighted by molar-refractivity contribution is 0.102. The fraction of sp³-hybridized carbons (Fsp3) is 0. The van der Waals surface area contributed by atoms with E-state index in [0.717, 1.165) is 4.47 Å². The van der Waals surface area contributed by atoms with Crippen molar-refractivity contribution in [1.29, 1.82) is 0 Å². The molecule has 1 amide bonds. The number of amides is 1. The predicted molar refractivity (Wildman–Crippen MR) is 62.9 cm³/mol. The zero-order valence-electron chi connectivity index (χ0n) is 8.07. The van der Waals surface area contributed by atoms with Crippen LogP contribution in [-0.4, -0.2) is 21.1 Å². The Bertz CT molecular complexity index is 507. The van der Waals surface area contributed by atoms with Crippen LogP contribution in [0.25, 0.3) is 0 Å². The number of aromatic nitrogens is 3. The molecule has 0 spiro atoms. The number of carbonyl (C=O) groups excluding carboxylic acids is 1. The molecule has 0 aliphatic rings. The van der Waals surface area contributed by atoms with Crippen LogP contribution in [0, 0.1) is 0 Å². The summed E-state index contributed by atoms with van der Waals surface area (Å²) in [6, 6.07) is 4.92. The molecule has 4 N–H and O–H groups in total. The summed E-state index contributed by atoms with van der Waals surface area (Å²) in [7, 11) is 0. The summed E-state index contributed by atoms with van der Waals surface area (Å²) in [5.41, 5.74) is 5.68. The van der Waals surface area contributed by atoms with Crippen molar-refractivity contribution in [3.05, 3.63) is 34.6 Å². The molecule has 0 unspecified atom stereocenters. The number of halogens is 1. The average Bonchev–Trinajstić information content (AvgIpc) is 2.68. The van der Waals surface area contributed by atoms with E-state index in [2.05, 4.69) is 36.4 Å². The maximum Gasteiger partial charge on any atom is 0.274 e. The third-order valence-electron chi connectivity index (χ3n) is 1.81. The largest absolute Gasteiger partial charge is 0.382 e. The van der Waals surface area contributed by atoms with Gasteiger partial charge in [-0.05, 0) is 28.1 Å². The molecule has 16 heavy (non-hydrogen) atoms. The number of nitrogen functional groups attached to an aromatic ring is 1. The molecule has 2 aromatic rings. The number of hydrogen-bond acceptors (Lipinski definition) is 4. The van der Waals surface area contributed by atoms with Crippen LogP contribution in [0.4, 0.5) is 11.6 Å². The van der Waals surface area contributed by atoms with Crippen LogP contribution in [0.15, 0.2) is 28.9 Å². The number of aromatic amines is 1. The molecule has 0 aliphatic carbocycles. The summed E-state index contributed by atoms with van der Waals surface area (Å²) in [4.78, 5) is 15.6. The number of H-pyrrole nitrogens is 1. The lowest BCUT2D eigenvalue weighted by Crippen LogP contribution is -2.13. The molecule has 2 heterocycles. The molecule has 0 bridgehead atoms. The third kappa shape index (κ3) is 2.37. The Morgan fingerprint density at radius 1 is 1.50 bits per heavy atom.